The van der Waals surface area contributed by atoms with E-state index in [0.29, 0.717) is 19.7 Å². The van der Waals surface area contributed by atoms with Crippen LogP contribution in [0.3, 0.4) is 0 Å². The van der Waals surface area contributed by atoms with Gasteiger partial charge in [-0.3, -0.25) is 9.69 Å². The van der Waals surface area contributed by atoms with Crippen molar-refractivity contribution in [2.24, 2.45) is 7.05 Å². The normalized spacial score (nSPS) is 16.9. The van der Waals surface area contributed by atoms with Gasteiger partial charge in [0.2, 0.25) is 5.91 Å². The molecule has 1 atom stereocenters. The number of nitrogens with zero attached hydrogens (tertiary/aromatic N) is 4. The number of carbonyl (C=O) groups excluding carboxylic acids is 1. The summed E-state index contributed by atoms with van der Waals surface area (Å²) in [5.41, 5.74) is 2.36. The number of rotatable bonds is 7. The predicted octanol–water partition coefficient (Wildman–Crippen LogP) is 1.94. The molecule has 1 aromatic heterocycles. The predicted molar refractivity (Wildman–Crippen MR) is 117 cm³/mol. The molecular formula is C21H32ClN5O2. The van der Waals surface area contributed by atoms with Crippen LogP contribution in [0.25, 0.3) is 0 Å². The SMILES string of the molecule is Cc1cc(C)cc(OCCN(C)C(=O)CN2CCNCC2c2nccn2C)c1.Cl. The summed E-state index contributed by atoms with van der Waals surface area (Å²) in [4.78, 5) is 21.2. The van der Waals surface area contributed by atoms with E-state index in [1.54, 1.807) is 11.1 Å². The number of aryl methyl sites for hydroxylation is 3. The van der Waals surface area contributed by atoms with Gasteiger partial charge in [0.15, 0.2) is 0 Å². The van der Waals surface area contributed by atoms with Gasteiger partial charge in [0.25, 0.3) is 0 Å². The first kappa shape index (κ1) is 23.2. The minimum atomic E-state index is 0. The molecule has 2 heterocycles. The van der Waals surface area contributed by atoms with Gasteiger partial charge in [-0.2, -0.15) is 0 Å². The summed E-state index contributed by atoms with van der Waals surface area (Å²) in [6, 6.07) is 6.27. The molecule has 7 nitrogen and oxygen atoms in total. The van der Waals surface area contributed by atoms with E-state index in [1.165, 1.54) is 11.1 Å². The van der Waals surface area contributed by atoms with Crippen LogP contribution in [0.4, 0.5) is 0 Å². The molecule has 1 aliphatic rings. The molecule has 3 rings (SSSR count). The quantitative estimate of drug-likeness (QED) is 0.740. The molecule has 0 spiro atoms. The van der Waals surface area contributed by atoms with Crippen molar-refractivity contribution in [3.8, 4) is 5.75 Å². The molecule has 0 bridgehead atoms. The first-order valence-electron chi connectivity index (χ1n) is 9.81. The summed E-state index contributed by atoms with van der Waals surface area (Å²) in [6.07, 6.45) is 3.75. The first-order chi connectivity index (χ1) is 13.4. The van der Waals surface area contributed by atoms with Crippen molar-refractivity contribution < 1.29 is 9.53 Å². The van der Waals surface area contributed by atoms with Gasteiger partial charge >= 0.3 is 0 Å². The second-order valence-electron chi connectivity index (χ2n) is 7.57. The number of ether oxygens (including phenoxy) is 1. The van der Waals surface area contributed by atoms with Gasteiger partial charge in [-0.1, -0.05) is 6.07 Å². The number of hydrogen-bond acceptors (Lipinski definition) is 5. The van der Waals surface area contributed by atoms with Crippen molar-refractivity contribution in [3.63, 3.8) is 0 Å². The third-order valence-corrected chi connectivity index (χ3v) is 5.17. The molecule has 29 heavy (non-hydrogen) atoms. The highest BCUT2D eigenvalue weighted by atomic mass is 35.5. The van der Waals surface area contributed by atoms with E-state index in [0.717, 1.165) is 31.2 Å². The number of benzene rings is 1. The molecule has 1 amide bonds. The Morgan fingerprint density at radius 3 is 2.69 bits per heavy atom. The summed E-state index contributed by atoms with van der Waals surface area (Å²) >= 11 is 0. The molecule has 1 unspecified atom stereocenters. The highest BCUT2D eigenvalue weighted by molar-refractivity contribution is 5.85. The standard InChI is InChI=1S/C21H31N5O2.ClH/c1-16-11-17(2)13-18(12-16)28-10-9-24(3)20(27)15-26-8-5-22-14-19(26)21-23-6-7-25(21)4;/h6-7,11-13,19,22H,5,8-10,14-15H2,1-4H3;1H. The number of aromatic nitrogens is 2. The molecule has 2 aromatic rings. The van der Waals surface area contributed by atoms with Crippen molar-refractivity contribution in [1.29, 1.82) is 0 Å². The van der Waals surface area contributed by atoms with Crippen LogP contribution in [0.2, 0.25) is 0 Å². The average Bonchev–Trinajstić information content (AvgIpc) is 3.07. The number of hydrogen-bond donors (Lipinski definition) is 1. The van der Waals surface area contributed by atoms with Gasteiger partial charge in [-0.15, -0.1) is 12.4 Å². The number of piperazine rings is 1. The number of amides is 1. The van der Waals surface area contributed by atoms with Crippen molar-refractivity contribution in [1.82, 2.24) is 24.7 Å². The zero-order valence-corrected chi connectivity index (χ0v) is 18.5. The van der Waals surface area contributed by atoms with E-state index in [4.69, 9.17) is 4.74 Å². The fraction of sp³-hybridized carbons (Fsp3) is 0.524. The fourth-order valence-electron chi connectivity index (χ4n) is 3.62. The van der Waals surface area contributed by atoms with Crippen molar-refractivity contribution in [2.75, 3.05) is 46.4 Å². The van der Waals surface area contributed by atoms with Crippen LogP contribution in [0, 0.1) is 13.8 Å². The summed E-state index contributed by atoms with van der Waals surface area (Å²) in [5.74, 6) is 1.95. The zero-order chi connectivity index (χ0) is 20.1. The maximum absolute atomic E-state index is 12.7. The summed E-state index contributed by atoms with van der Waals surface area (Å²) < 4.78 is 7.87. The molecule has 160 valence electrons. The molecule has 1 saturated heterocycles. The number of carbonyl (C=O) groups is 1. The van der Waals surface area contributed by atoms with Crippen LogP contribution in [-0.2, 0) is 11.8 Å². The third kappa shape index (κ3) is 6.19. The monoisotopic (exact) mass is 421 g/mol. The third-order valence-electron chi connectivity index (χ3n) is 5.17. The van der Waals surface area contributed by atoms with E-state index >= 15 is 0 Å². The lowest BCUT2D eigenvalue weighted by Crippen LogP contribution is -2.50. The topological polar surface area (TPSA) is 62.6 Å². The van der Waals surface area contributed by atoms with Gasteiger partial charge < -0.3 is 19.5 Å². The van der Waals surface area contributed by atoms with E-state index in [-0.39, 0.29) is 24.4 Å². The Morgan fingerprint density at radius 1 is 1.31 bits per heavy atom. The van der Waals surface area contributed by atoms with E-state index in [2.05, 4.69) is 35.1 Å². The lowest BCUT2D eigenvalue weighted by molar-refractivity contribution is -0.132. The smallest absolute Gasteiger partial charge is 0.236 e. The maximum atomic E-state index is 12.7. The molecule has 0 radical (unpaired) electrons. The lowest BCUT2D eigenvalue weighted by Gasteiger charge is -2.36. The largest absolute Gasteiger partial charge is 0.492 e. The van der Waals surface area contributed by atoms with Crippen LogP contribution in [-0.4, -0.2) is 71.6 Å². The van der Waals surface area contributed by atoms with Crippen LogP contribution in [0.1, 0.15) is 23.0 Å². The Morgan fingerprint density at radius 2 is 2.03 bits per heavy atom. The van der Waals surface area contributed by atoms with Crippen molar-refractivity contribution in [3.05, 3.63) is 47.5 Å². The van der Waals surface area contributed by atoms with Crippen LogP contribution in [0.5, 0.6) is 5.75 Å². The van der Waals surface area contributed by atoms with E-state index < -0.39 is 0 Å². The van der Waals surface area contributed by atoms with Crippen LogP contribution < -0.4 is 10.1 Å². The van der Waals surface area contributed by atoms with Crippen LogP contribution >= 0.6 is 12.4 Å². The number of halogens is 1. The van der Waals surface area contributed by atoms with Gasteiger partial charge in [0.1, 0.15) is 18.2 Å². The zero-order valence-electron chi connectivity index (χ0n) is 17.7. The summed E-state index contributed by atoms with van der Waals surface area (Å²) in [6.45, 7) is 8.06. The number of likely N-dealkylation sites (N-methyl/N-ethyl adjacent to an activating group) is 1. The molecule has 8 heteroatoms. The minimum Gasteiger partial charge on any atom is -0.492 e. The van der Waals surface area contributed by atoms with Gasteiger partial charge in [-0.05, 0) is 37.1 Å². The van der Waals surface area contributed by atoms with Gasteiger partial charge in [-0.25, -0.2) is 4.98 Å². The Kier molecular flexibility index (Phi) is 8.49. The van der Waals surface area contributed by atoms with Crippen LogP contribution in [0.15, 0.2) is 30.6 Å². The number of imidazole rings is 1. The Bertz CT molecular complexity index is 790. The molecule has 1 aliphatic heterocycles. The van der Waals surface area contributed by atoms with E-state index in [1.807, 2.05) is 37.0 Å². The molecule has 0 aliphatic carbocycles. The number of nitrogens with one attached hydrogen (secondary N) is 1. The second kappa shape index (κ2) is 10.6. The summed E-state index contributed by atoms with van der Waals surface area (Å²) in [7, 11) is 3.83. The Hall–Kier alpha value is -2.09. The second-order valence-corrected chi connectivity index (χ2v) is 7.57. The minimum absolute atomic E-state index is 0. The van der Waals surface area contributed by atoms with E-state index in [9.17, 15) is 4.79 Å². The molecule has 1 N–H and O–H groups in total. The average molecular weight is 422 g/mol. The first-order valence-corrected chi connectivity index (χ1v) is 9.81. The van der Waals surface area contributed by atoms with Gasteiger partial charge in [0, 0.05) is 46.1 Å². The Balaban J connectivity index is 0.00000300. The van der Waals surface area contributed by atoms with Gasteiger partial charge in [0.05, 0.1) is 19.1 Å². The maximum Gasteiger partial charge on any atom is 0.236 e. The molecular weight excluding hydrogens is 390 g/mol. The highest BCUT2D eigenvalue weighted by Crippen LogP contribution is 2.20. The Labute approximate surface area is 179 Å². The fourth-order valence-corrected chi connectivity index (χ4v) is 3.62. The highest BCUT2D eigenvalue weighted by Gasteiger charge is 2.28. The summed E-state index contributed by atoms with van der Waals surface area (Å²) in [5, 5.41) is 3.40. The molecule has 0 saturated carbocycles. The lowest BCUT2D eigenvalue weighted by atomic mass is 10.1. The molecule has 1 fully saturated rings. The van der Waals surface area contributed by atoms with Crippen molar-refractivity contribution in [2.45, 2.75) is 19.9 Å². The van der Waals surface area contributed by atoms with Crippen molar-refractivity contribution >= 4 is 18.3 Å². The molecule has 1 aromatic carbocycles.